The van der Waals surface area contributed by atoms with Gasteiger partial charge in [0.25, 0.3) is 5.91 Å². The second kappa shape index (κ2) is 11.7. The van der Waals surface area contributed by atoms with E-state index in [1.165, 1.54) is 30.0 Å². The number of methoxy groups -OCH3 is 1. The van der Waals surface area contributed by atoms with Crippen LogP contribution in [-0.2, 0) is 4.79 Å². The molecule has 2 N–H and O–H groups in total. The summed E-state index contributed by atoms with van der Waals surface area (Å²) >= 11 is 7.22. The van der Waals surface area contributed by atoms with Crippen LogP contribution >= 0.6 is 23.4 Å². The summed E-state index contributed by atoms with van der Waals surface area (Å²) < 4.78 is 18.7. The highest BCUT2D eigenvalue weighted by molar-refractivity contribution is 8.00. The number of thioether (sulfide) groups is 1. The molecule has 1 atom stereocenters. The molecular weight excluding hydrogens is 499 g/mol. The summed E-state index contributed by atoms with van der Waals surface area (Å²) in [6.45, 7) is 0. The maximum absolute atomic E-state index is 13.5. The van der Waals surface area contributed by atoms with Crippen molar-refractivity contribution in [1.82, 2.24) is 0 Å². The van der Waals surface area contributed by atoms with Gasteiger partial charge < -0.3 is 15.4 Å². The Kier molecular flexibility index (Phi) is 8.25. The van der Waals surface area contributed by atoms with E-state index in [2.05, 4.69) is 10.6 Å². The second-order valence-electron chi connectivity index (χ2n) is 7.74. The highest BCUT2D eigenvalue weighted by Crippen LogP contribution is 2.37. The minimum Gasteiger partial charge on any atom is -0.497 e. The van der Waals surface area contributed by atoms with Crippen molar-refractivity contribution in [2.24, 2.45) is 0 Å². The van der Waals surface area contributed by atoms with Crippen molar-refractivity contribution in [2.75, 3.05) is 17.7 Å². The highest BCUT2D eigenvalue weighted by atomic mass is 35.5. The largest absolute Gasteiger partial charge is 0.497 e. The van der Waals surface area contributed by atoms with Gasteiger partial charge in [-0.2, -0.15) is 0 Å². The quantitative estimate of drug-likeness (QED) is 0.241. The molecule has 36 heavy (non-hydrogen) atoms. The molecule has 0 aromatic heterocycles. The molecule has 0 bridgehead atoms. The Morgan fingerprint density at radius 2 is 1.58 bits per heavy atom. The van der Waals surface area contributed by atoms with E-state index in [4.69, 9.17) is 16.3 Å². The van der Waals surface area contributed by atoms with Crippen LogP contribution in [-0.4, -0.2) is 18.9 Å². The first kappa shape index (κ1) is 25.3. The molecule has 4 rings (SSSR count). The number of benzene rings is 4. The van der Waals surface area contributed by atoms with Crippen LogP contribution in [0.25, 0.3) is 0 Å². The van der Waals surface area contributed by atoms with Gasteiger partial charge in [-0.3, -0.25) is 9.59 Å². The topological polar surface area (TPSA) is 67.4 Å². The fourth-order valence-electron chi connectivity index (χ4n) is 3.40. The Morgan fingerprint density at radius 3 is 2.28 bits per heavy atom. The maximum Gasteiger partial charge on any atom is 0.255 e. The van der Waals surface area contributed by atoms with Crippen LogP contribution in [0.5, 0.6) is 5.75 Å². The Morgan fingerprint density at radius 1 is 0.861 bits per heavy atom. The third-order valence-electron chi connectivity index (χ3n) is 5.23. The molecule has 0 saturated carbocycles. The summed E-state index contributed by atoms with van der Waals surface area (Å²) in [4.78, 5) is 26.6. The zero-order valence-corrected chi connectivity index (χ0v) is 20.8. The van der Waals surface area contributed by atoms with Gasteiger partial charge in [-0.1, -0.05) is 48.0 Å². The third kappa shape index (κ3) is 6.44. The first-order chi connectivity index (χ1) is 17.4. The molecular formula is C28H22ClFN2O3S. The van der Waals surface area contributed by atoms with Crippen LogP contribution in [0.2, 0.25) is 5.02 Å². The van der Waals surface area contributed by atoms with E-state index in [9.17, 15) is 14.0 Å². The number of carbonyl (C=O) groups is 2. The molecule has 4 aromatic rings. The zero-order chi connectivity index (χ0) is 25.5. The summed E-state index contributed by atoms with van der Waals surface area (Å²) in [6, 6.07) is 27.5. The van der Waals surface area contributed by atoms with Crippen LogP contribution in [0.1, 0.15) is 21.2 Å². The Hall–Kier alpha value is -3.81. The number of anilines is 2. The summed E-state index contributed by atoms with van der Waals surface area (Å²) in [5.41, 5.74) is 2.32. The molecule has 5 nitrogen and oxygen atoms in total. The number of nitrogens with one attached hydrogen (secondary N) is 2. The molecule has 182 valence electrons. The number of hydrogen-bond acceptors (Lipinski definition) is 4. The first-order valence-electron chi connectivity index (χ1n) is 11.0. The van der Waals surface area contributed by atoms with Gasteiger partial charge in [0, 0.05) is 21.8 Å². The zero-order valence-electron chi connectivity index (χ0n) is 19.2. The summed E-state index contributed by atoms with van der Waals surface area (Å²) in [7, 11) is 1.55. The smallest absolute Gasteiger partial charge is 0.255 e. The summed E-state index contributed by atoms with van der Waals surface area (Å²) in [5.74, 6) is -0.483. The van der Waals surface area contributed by atoms with Crippen molar-refractivity contribution in [3.63, 3.8) is 0 Å². The molecule has 0 fully saturated rings. The Bertz CT molecular complexity index is 1370. The number of halogens is 2. The van der Waals surface area contributed by atoms with Crippen molar-refractivity contribution >= 4 is 46.6 Å². The average molecular weight is 521 g/mol. The number of amides is 2. The fourth-order valence-corrected chi connectivity index (χ4v) is 4.61. The third-order valence-corrected chi connectivity index (χ3v) is 6.78. The second-order valence-corrected chi connectivity index (χ2v) is 9.32. The van der Waals surface area contributed by atoms with Gasteiger partial charge in [-0.15, -0.1) is 11.8 Å². The number of ether oxygens (including phenoxy) is 1. The molecule has 4 aromatic carbocycles. The normalized spacial score (nSPS) is 11.4. The van der Waals surface area contributed by atoms with Crippen molar-refractivity contribution in [3.05, 3.63) is 119 Å². The monoisotopic (exact) mass is 520 g/mol. The van der Waals surface area contributed by atoms with Gasteiger partial charge in [0.05, 0.1) is 12.1 Å². The van der Waals surface area contributed by atoms with Crippen LogP contribution in [0, 0.1) is 5.82 Å². The number of carbonyl (C=O) groups excluding carboxylic acids is 2. The van der Waals surface area contributed by atoms with Crippen molar-refractivity contribution in [3.8, 4) is 5.75 Å². The molecule has 0 radical (unpaired) electrons. The predicted molar refractivity (Wildman–Crippen MR) is 142 cm³/mol. The van der Waals surface area contributed by atoms with E-state index < -0.39 is 11.1 Å². The van der Waals surface area contributed by atoms with E-state index >= 15 is 0 Å². The molecule has 0 aliphatic carbocycles. The maximum atomic E-state index is 13.5. The molecule has 0 saturated heterocycles. The Balaban J connectivity index is 1.48. The van der Waals surface area contributed by atoms with Gasteiger partial charge >= 0.3 is 0 Å². The minimum absolute atomic E-state index is 0.0664. The fraction of sp³-hybridized carbons (Fsp3) is 0.0714. The molecule has 0 heterocycles. The van der Waals surface area contributed by atoms with Gasteiger partial charge in [0.15, 0.2) is 0 Å². The lowest BCUT2D eigenvalue weighted by atomic mass is 10.1. The van der Waals surface area contributed by atoms with Crippen LogP contribution in [0.3, 0.4) is 0 Å². The van der Waals surface area contributed by atoms with Crippen molar-refractivity contribution < 1.29 is 18.7 Å². The molecule has 0 aliphatic rings. The summed E-state index contributed by atoms with van der Waals surface area (Å²) in [5, 5.41) is 5.03. The van der Waals surface area contributed by atoms with Crippen LogP contribution in [0.4, 0.5) is 15.8 Å². The lowest BCUT2D eigenvalue weighted by Crippen LogP contribution is -2.19. The van der Waals surface area contributed by atoms with E-state index in [-0.39, 0.29) is 16.8 Å². The standard InChI is InChI=1S/C28H22ClFN2O3S/c1-35-22-9-5-8-19(16-22)27(33)31-20-10-13-23(14-11-20)36-26(18-6-3-2-4-7-18)28(34)32-21-12-15-25(30)24(29)17-21/h2-17,26H,1H3,(H,31,33)(H,32,34). The van der Waals surface area contributed by atoms with Crippen molar-refractivity contribution in [1.29, 1.82) is 0 Å². The predicted octanol–water partition coefficient (Wildman–Crippen LogP) is 7.21. The van der Waals surface area contributed by atoms with Crippen LogP contribution in [0.15, 0.2) is 102 Å². The molecule has 8 heteroatoms. The van der Waals surface area contributed by atoms with Gasteiger partial charge in [0.2, 0.25) is 5.91 Å². The van der Waals surface area contributed by atoms with E-state index in [1.807, 2.05) is 42.5 Å². The summed E-state index contributed by atoms with van der Waals surface area (Å²) in [6.07, 6.45) is 0. The lowest BCUT2D eigenvalue weighted by Gasteiger charge is -2.17. The van der Waals surface area contributed by atoms with Crippen molar-refractivity contribution in [2.45, 2.75) is 10.1 Å². The molecule has 1 unspecified atom stereocenters. The lowest BCUT2D eigenvalue weighted by molar-refractivity contribution is -0.115. The highest BCUT2D eigenvalue weighted by Gasteiger charge is 2.22. The first-order valence-corrected chi connectivity index (χ1v) is 12.2. The van der Waals surface area contributed by atoms with E-state index in [0.29, 0.717) is 22.7 Å². The Labute approximate surface area is 217 Å². The minimum atomic E-state index is -0.577. The van der Waals surface area contributed by atoms with Gasteiger partial charge in [-0.25, -0.2) is 4.39 Å². The SMILES string of the molecule is COc1cccc(C(=O)Nc2ccc(SC(C(=O)Nc3ccc(F)c(Cl)c3)c3ccccc3)cc2)c1. The molecule has 0 spiro atoms. The van der Waals surface area contributed by atoms with Gasteiger partial charge in [0.1, 0.15) is 16.8 Å². The number of rotatable bonds is 8. The van der Waals surface area contributed by atoms with Crippen LogP contribution < -0.4 is 15.4 Å². The molecule has 2 amide bonds. The molecule has 0 aliphatic heterocycles. The van der Waals surface area contributed by atoms with E-state index in [0.717, 1.165) is 10.5 Å². The number of hydrogen-bond donors (Lipinski definition) is 2. The van der Waals surface area contributed by atoms with Gasteiger partial charge in [-0.05, 0) is 66.2 Å². The average Bonchev–Trinajstić information content (AvgIpc) is 2.90. The van der Waals surface area contributed by atoms with E-state index in [1.54, 1.807) is 43.5 Å².